The summed E-state index contributed by atoms with van der Waals surface area (Å²) >= 11 is 0. The van der Waals surface area contributed by atoms with E-state index in [0.717, 1.165) is 17.1 Å². The first-order valence-electron chi connectivity index (χ1n) is 5.46. The van der Waals surface area contributed by atoms with Gasteiger partial charge < -0.3 is 11.1 Å². The van der Waals surface area contributed by atoms with Gasteiger partial charge in [0.05, 0.1) is 5.69 Å². The lowest BCUT2D eigenvalue weighted by Crippen LogP contribution is -2.02. The molecule has 0 saturated carbocycles. The molecule has 1 heterocycles. The molecular weight excluding hydrogens is 212 g/mol. The maximum absolute atomic E-state index is 5.63. The molecule has 4 heteroatoms. The summed E-state index contributed by atoms with van der Waals surface area (Å²) in [7, 11) is 1.80. The zero-order chi connectivity index (χ0) is 12.7. The van der Waals surface area contributed by atoms with Crippen LogP contribution < -0.4 is 11.1 Å². The molecule has 0 radical (unpaired) electrons. The van der Waals surface area contributed by atoms with Crippen LogP contribution in [-0.2, 0) is 0 Å². The maximum Gasteiger partial charge on any atom is 0.222 e. The molecule has 0 bridgehead atoms. The van der Waals surface area contributed by atoms with Crippen LogP contribution in [0.25, 0.3) is 5.57 Å². The van der Waals surface area contributed by atoms with Crippen molar-refractivity contribution in [2.45, 2.75) is 13.8 Å². The molecule has 90 valence electrons. The molecule has 0 spiro atoms. The zero-order valence-corrected chi connectivity index (χ0v) is 10.4. The Morgan fingerprint density at radius 3 is 2.71 bits per heavy atom. The minimum atomic E-state index is 0.275. The second-order valence-electron chi connectivity index (χ2n) is 3.51. The summed E-state index contributed by atoms with van der Waals surface area (Å²) in [6, 6.07) is 1.87. The van der Waals surface area contributed by atoms with Crippen LogP contribution in [0.3, 0.4) is 0 Å². The van der Waals surface area contributed by atoms with Crippen molar-refractivity contribution in [2.24, 2.45) is 0 Å². The molecule has 1 rings (SSSR count). The first-order chi connectivity index (χ1) is 8.17. The van der Waals surface area contributed by atoms with Gasteiger partial charge in [-0.2, -0.15) is 4.98 Å². The number of hydrogen-bond donors (Lipinski definition) is 2. The number of nitrogen functional groups attached to an aromatic ring is 1. The highest BCUT2D eigenvalue weighted by molar-refractivity contribution is 5.65. The topological polar surface area (TPSA) is 63.8 Å². The Balaban J connectivity index is 2.95. The molecule has 0 unspecified atom stereocenters. The second kappa shape index (κ2) is 6.48. The van der Waals surface area contributed by atoms with Crippen LogP contribution in [0.4, 0.5) is 11.8 Å². The van der Waals surface area contributed by atoms with Gasteiger partial charge in [-0.15, -0.1) is 0 Å². The minimum absolute atomic E-state index is 0.275. The van der Waals surface area contributed by atoms with E-state index in [-0.39, 0.29) is 5.95 Å². The lowest BCUT2D eigenvalue weighted by Gasteiger charge is -2.04. The molecule has 17 heavy (non-hydrogen) atoms. The number of rotatable bonds is 4. The van der Waals surface area contributed by atoms with E-state index in [1.165, 1.54) is 0 Å². The van der Waals surface area contributed by atoms with E-state index in [0.29, 0.717) is 0 Å². The van der Waals surface area contributed by atoms with Crippen LogP contribution in [-0.4, -0.2) is 17.0 Å². The number of allylic oxidation sites excluding steroid dienone is 6. The van der Waals surface area contributed by atoms with Gasteiger partial charge in [0, 0.05) is 13.1 Å². The molecular formula is C13H18N4. The minimum Gasteiger partial charge on any atom is -0.373 e. The third-order valence-electron chi connectivity index (χ3n) is 2.16. The van der Waals surface area contributed by atoms with Crippen LogP contribution in [0.5, 0.6) is 0 Å². The second-order valence-corrected chi connectivity index (χ2v) is 3.51. The third-order valence-corrected chi connectivity index (χ3v) is 2.16. The Hall–Kier alpha value is -2.10. The fourth-order valence-electron chi connectivity index (χ4n) is 1.26. The molecule has 0 aliphatic heterocycles. The number of nitrogens with zero attached hydrogens (tertiary/aromatic N) is 2. The van der Waals surface area contributed by atoms with Crippen LogP contribution in [0, 0.1) is 0 Å². The molecule has 0 atom stereocenters. The van der Waals surface area contributed by atoms with Gasteiger partial charge in [-0.1, -0.05) is 30.4 Å². The molecule has 0 amide bonds. The fraction of sp³-hybridized carbons (Fsp3) is 0.231. The lowest BCUT2D eigenvalue weighted by atomic mass is 10.2. The van der Waals surface area contributed by atoms with Crippen LogP contribution >= 0.6 is 0 Å². The SMILES string of the molecule is C\C=C/C=C\C=C(/C)c1cc(NC)nc(N)n1. The maximum atomic E-state index is 5.63. The highest BCUT2D eigenvalue weighted by atomic mass is 15.1. The van der Waals surface area contributed by atoms with Crippen molar-refractivity contribution >= 4 is 17.3 Å². The van der Waals surface area contributed by atoms with Crippen molar-refractivity contribution in [1.82, 2.24) is 9.97 Å². The monoisotopic (exact) mass is 230 g/mol. The summed E-state index contributed by atoms with van der Waals surface area (Å²) in [5, 5.41) is 2.95. The Morgan fingerprint density at radius 1 is 1.29 bits per heavy atom. The van der Waals surface area contributed by atoms with Gasteiger partial charge in [-0.3, -0.25) is 0 Å². The molecule has 0 aliphatic carbocycles. The summed E-state index contributed by atoms with van der Waals surface area (Å²) in [5.74, 6) is 0.995. The number of aromatic nitrogens is 2. The smallest absolute Gasteiger partial charge is 0.222 e. The normalized spacial score (nSPS) is 12.5. The number of anilines is 2. The summed E-state index contributed by atoms with van der Waals surface area (Å²) in [5.41, 5.74) is 7.49. The third kappa shape index (κ3) is 4.10. The molecule has 0 saturated heterocycles. The Morgan fingerprint density at radius 2 is 2.06 bits per heavy atom. The summed E-state index contributed by atoms with van der Waals surface area (Å²) in [4.78, 5) is 8.23. The molecule has 1 aromatic heterocycles. The van der Waals surface area contributed by atoms with Crippen LogP contribution in [0.1, 0.15) is 19.5 Å². The van der Waals surface area contributed by atoms with Crippen molar-refractivity contribution in [3.8, 4) is 0 Å². The molecule has 3 N–H and O–H groups in total. The van der Waals surface area contributed by atoms with Gasteiger partial charge in [-0.25, -0.2) is 4.98 Å². The Labute approximate surface area is 102 Å². The lowest BCUT2D eigenvalue weighted by molar-refractivity contribution is 1.15. The van der Waals surface area contributed by atoms with Gasteiger partial charge in [0.2, 0.25) is 5.95 Å². The number of hydrogen-bond acceptors (Lipinski definition) is 4. The predicted octanol–water partition coefficient (Wildman–Crippen LogP) is 2.64. The van der Waals surface area contributed by atoms with Gasteiger partial charge >= 0.3 is 0 Å². The Bertz CT molecular complexity index is 458. The summed E-state index contributed by atoms with van der Waals surface area (Å²) < 4.78 is 0. The van der Waals surface area contributed by atoms with E-state index in [2.05, 4.69) is 15.3 Å². The molecule has 1 aromatic rings. The first kappa shape index (κ1) is 13.0. The predicted molar refractivity (Wildman–Crippen MR) is 73.6 cm³/mol. The van der Waals surface area contributed by atoms with Crippen molar-refractivity contribution in [3.05, 3.63) is 42.1 Å². The standard InChI is InChI=1S/C13H18N4/c1-4-5-6-7-8-10(2)11-9-12(15-3)17-13(14)16-11/h4-9H,1-3H3,(H3,14,15,16,17)/b5-4-,7-6-,10-8+. The quantitative estimate of drug-likeness (QED) is 0.780. The highest BCUT2D eigenvalue weighted by Crippen LogP contribution is 2.15. The number of nitrogens with one attached hydrogen (secondary N) is 1. The first-order valence-corrected chi connectivity index (χ1v) is 5.46. The highest BCUT2D eigenvalue weighted by Gasteiger charge is 2.01. The van der Waals surface area contributed by atoms with Crippen LogP contribution in [0.15, 0.2) is 36.4 Å². The largest absolute Gasteiger partial charge is 0.373 e. The van der Waals surface area contributed by atoms with Crippen molar-refractivity contribution < 1.29 is 0 Å². The van der Waals surface area contributed by atoms with Gasteiger partial charge in [-0.05, 0) is 19.4 Å². The van der Waals surface area contributed by atoms with E-state index >= 15 is 0 Å². The molecule has 0 aromatic carbocycles. The van der Waals surface area contributed by atoms with E-state index in [1.54, 1.807) is 7.05 Å². The zero-order valence-electron chi connectivity index (χ0n) is 10.4. The number of nitrogens with two attached hydrogens (primary N) is 1. The van der Waals surface area contributed by atoms with Gasteiger partial charge in [0.1, 0.15) is 5.82 Å². The van der Waals surface area contributed by atoms with Crippen LogP contribution in [0.2, 0.25) is 0 Å². The molecule has 4 nitrogen and oxygen atoms in total. The van der Waals surface area contributed by atoms with E-state index in [1.807, 2.05) is 50.3 Å². The van der Waals surface area contributed by atoms with E-state index in [9.17, 15) is 0 Å². The fourth-order valence-corrected chi connectivity index (χ4v) is 1.26. The van der Waals surface area contributed by atoms with Gasteiger partial charge in [0.15, 0.2) is 0 Å². The van der Waals surface area contributed by atoms with Crippen molar-refractivity contribution in [1.29, 1.82) is 0 Å². The van der Waals surface area contributed by atoms with E-state index < -0.39 is 0 Å². The van der Waals surface area contributed by atoms with Gasteiger partial charge in [0.25, 0.3) is 0 Å². The summed E-state index contributed by atoms with van der Waals surface area (Å²) in [6.07, 6.45) is 9.86. The van der Waals surface area contributed by atoms with Crippen molar-refractivity contribution in [3.63, 3.8) is 0 Å². The molecule has 0 fully saturated rings. The Kier molecular flexibility index (Phi) is 4.94. The van der Waals surface area contributed by atoms with E-state index in [4.69, 9.17) is 5.73 Å². The molecule has 0 aliphatic rings. The van der Waals surface area contributed by atoms with Crippen molar-refractivity contribution in [2.75, 3.05) is 18.1 Å². The average molecular weight is 230 g/mol. The summed E-state index contributed by atoms with van der Waals surface area (Å²) in [6.45, 7) is 3.96. The average Bonchev–Trinajstić information content (AvgIpc) is 2.33.